The monoisotopic (exact) mass is 445 g/mol. The van der Waals surface area contributed by atoms with E-state index in [-0.39, 0.29) is 49.2 Å². The van der Waals surface area contributed by atoms with Crippen molar-refractivity contribution in [1.82, 2.24) is 14.5 Å². The zero-order valence-electron chi connectivity index (χ0n) is 17.2. The lowest BCUT2D eigenvalue weighted by Crippen LogP contribution is -2.50. The number of sulfonamides is 1. The van der Waals surface area contributed by atoms with E-state index in [0.717, 1.165) is 0 Å². The van der Waals surface area contributed by atoms with Crippen molar-refractivity contribution < 1.29 is 23.1 Å². The fraction of sp³-hybridized carbons (Fsp3) is 0.364. The van der Waals surface area contributed by atoms with Crippen LogP contribution in [0.25, 0.3) is 0 Å². The van der Waals surface area contributed by atoms with Crippen LogP contribution in [0.4, 0.5) is 0 Å². The molecule has 31 heavy (non-hydrogen) atoms. The second kappa shape index (κ2) is 10.5. The van der Waals surface area contributed by atoms with Gasteiger partial charge in [-0.2, -0.15) is 4.31 Å². The molecule has 2 amide bonds. The summed E-state index contributed by atoms with van der Waals surface area (Å²) in [6.07, 6.45) is -0.748. The van der Waals surface area contributed by atoms with Crippen LogP contribution in [0, 0.1) is 0 Å². The van der Waals surface area contributed by atoms with Gasteiger partial charge >= 0.3 is 0 Å². The SMILES string of the molecule is O=C(CCC(=O)N1CCN(S(=O)(=O)c2ccccc2)CC1)NCC(O)c1ccccc1. The zero-order valence-corrected chi connectivity index (χ0v) is 18.0. The smallest absolute Gasteiger partial charge is 0.243 e. The Labute approximate surface area is 182 Å². The summed E-state index contributed by atoms with van der Waals surface area (Å²) in [4.78, 5) is 26.3. The van der Waals surface area contributed by atoms with E-state index in [1.165, 1.54) is 4.31 Å². The number of piperazine rings is 1. The van der Waals surface area contributed by atoms with Gasteiger partial charge in [0.1, 0.15) is 0 Å². The molecule has 0 saturated carbocycles. The average molecular weight is 446 g/mol. The average Bonchev–Trinajstić information content (AvgIpc) is 2.82. The van der Waals surface area contributed by atoms with Crippen molar-refractivity contribution in [3.05, 3.63) is 66.2 Å². The Morgan fingerprint density at radius 3 is 2.10 bits per heavy atom. The minimum absolute atomic E-state index is 0.0167. The Bertz CT molecular complexity index is 975. The summed E-state index contributed by atoms with van der Waals surface area (Å²) >= 11 is 0. The first-order valence-corrected chi connectivity index (χ1v) is 11.6. The number of nitrogens with one attached hydrogen (secondary N) is 1. The molecule has 0 bridgehead atoms. The van der Waals surface area contributed by atoms with Gasteiger partial charge in [0.15, 0.2) is 0 Å². The third kappa shape index (κ3) is 6.13. The van der Waals surface area contributed by atoms with Crippen LogP contribution in [0.5, 0.6) is 0 Å². The molecule has 1 saturated heterocycles. The van der Waals surface area contributed by atoms with Gasteiger partial charge < -0.3 is 15.3 Å². The van der Waals surface area contributed by atoms with Crippen LogP contribution < -0.4 is 5.32 Å². The maximum atomic E-state index is 12.7. The molecule has 2 aromatic rings. The number of carbonyl (C=O) groups excluding carboxylic acids is 2. The van der Waals surface area contributed by atoms with Crippen molar-refractivity contribution in [2.45, 2.75) is 23.8 Å². The number of carbonyl (C=O) groups is 2. The molecule has 1 unspecified atom stereocenters. The number of hydrogen-bond donors (Lipinski definition) is 2. The number of hydrogen-bond acceptors (Lipinski definition) is 5. The summed E-state index contributed by atoms with van der Waals surface area (Å²) in [6.45, 7) is 1.10. The van der Waals surface area contributed by atoms with Crippen molar-refractivity contribution >= 4 is 21.8 Å². The van der Waals surface area contributed by atoms with Gasteiger partial charge in [0.05, 0.1) is 11.0 Å². The molecular weight excluding hydrogens is 418 g/mol. The number of amides is 2. The molecule has 2 aromatic carbocycles. The van der Waals surface area contributed by atoms with E-state index < -0.39 is 16.1 Å². The van der Waals surface area contributed by atoms with Gasteiger partial charge in [0.25, 0.3) is 0 Å². The molecule has 1 aliphatic rings. The fourth-order valence-electron chi connectivity index (χ4n) is 3.39. The molecule has 0 radical (unpaired) electrons. The van der Waals surface area contributed by atoms with E-state index in [9.17, 15) is 23.1 Å². The van der Waals surface area contributed by atoms with Crippen LogP contribution >= 0.6 is 0 Å². The Morgan fingerprint density at radius 1 is 0.903 bits per heavy atom. The molecule has 0 aliphatic carbocycles. The molecule has 1 atom stereocenters. The summed E-state index contributed by atoms with van der Waals surface area (Å²) in [5, 5.41) is 12.7. The molecule has 2 N–H and O–H groups in total. The third-order valence-corrected chi connectivity index (χ3v) is 7.13. The Kier molecular flexibility index (Phi) is 7.78. The minimum atomic E-state index is -3.57. The first-order chi connectivity index (χ1) is 14.9. The van der Waals surface area contributed by atoms with E-state index in [1.807, 2.05) is 18.2 Å². The van der Waals surface area contributed by atoms with Crippen LogP contribution in [-0.4, -0.2) is 67.3 Å². The zero-order chi connectivity index (χ0) is 22.3. The lowest BCUT2D eigenvalue weighted by molar-refractivity contribution is -0.134. The van der Waals surface area contributed by atoms with E-state index in [2.05, 4.69) is 5.32 Å². The lowest BCUT2D eigenvalue weighted by Gasteiger charge is -2.34. The van der Waals surface area contributed by atoms with Crippen LogP contribution in [0.3, 0.4) is 0 Å². The van der Waals surface area contributed by atoms with Gasteiger partial charge in [-0.1, -0.05) is 48.5 Å². The van der Waals surface area contributed by atoms with Gasteiger partial charge in [-0.15, -0.1) is 0 Å². The Morgan fingerprint density at radius 2 is 1.48 bits per heavy atom. The lowest BCUT2D eigenvalue weighted by atomic mass is 10.1. The highest BCUT2D eigenvalue weighted by Crippen LogP contribution is 2.17. The summed E-state index contributed by atoms with van der Waals surface area (Å²) in [5.41, 5.74) is 0.710. The van der Waals surface area contributed by atoms with E-state index >= 15 is 0 Å². The highest BCUT2D eigenvalue weighted by Gasteiger charge is 2.29. The van der Waals surface area contributed by atoms with Crippen molar-refractivity contribution in [2.24, 2.45) is 0 Å². The maximum Gasteiger partial charge on any atom is 0.243 e. The van der Waals surface area contributed by atoms with Crippen LogP contribution in [0.2, 0.25) is 0 Å². The molecule has 166 valence electrons. The molecule has 8 nitrogen and oxygen atoms in total. The summed E-state index contributed by atoms with van der Waals surface area (Å²) < 4.78 is 26.7. The van der Waals surface area contributed by atoms with Gasteiger partial charge in [-0.25, -0.2) is 8.42 Å². The predicted octanol–water partition coefficient (Wildman–Crippen LogP) is 1.15. The maximum absolute atomic E-state index is 12.7. The topological polar surface area (TPSA) is 107 Å². The number of nitrogens with zero attached hydrogens (tertiary/aromatic N) is 2. The second-order valence-electron chi connectivity index (χ2n) is 7.33. The largest absolute Gasteiger partial charge is 0.387 e. The number of benzene rings is 2. The van der Waals surface area contributed by atoms with Crippen molar-refractivity contribution in [2.75, 3.05) is 32.7 Å². The third-order valence-electron chi connectivity index (χ3n) is 5.22. The highest BCUT2D eigenvalue weighted by atomic mass is 32.2. The first-order valence-electron chi connectivity index (χ1n) is 10.2. The number of aliphatic hydroxyl groups is 1. The molecule has 0 spiro atoms. The van der Waals surface area contributed by atoms with Gasteiger partial charge in [-0.05, 0) is 17.7 Å². The van der Waals surface area contributed by atoms with E-state index in [4.69, 9.17) is 0 Å². The van der Waals surface area contributed by atoms with Gasteiger partial charge in [0, 0.05) is 45.6 Å². The Balaban J connectivity index is 1.40. The van der Waals surface area contributed by atoms with Gasteiger partial charge in [0.2, 0.25) is 21.8 Å². The highest BCUT2D eigenvalue weighted by molar-refractivity contribution is 7.89. The molecule has 1 fully saturated rings. The van der Waals surface area contributed by atoms with Crippen molar-refractivity contribution in [1.29, 1.82) is 0 Å². The quantitative estimate of drug-likeness (QED) is 0.634. The normalized spacial score (nSPS) is 16.0. The van der Waals surface area contributed by atoms with Crippen LogP contribution in [0.15, 0.2) is 65.6 Å². The summed E-state index contributed by atoms with van der Waals surface area (Å²) in [7, 11) is -3.57. The predicted molar refractivity (Wildman–Crippen MR) is 115 cm³/mol. The standard InChI is InChI=1S/C22H27N3O5S/c26-20(18-7-3-1-4-8-18)17-23-21(27)11-12-22(28)24-13-15-25(16-14-24)31(29,30)19-9-5-2-6-10-19/h1-10,20,26H,11-17H2,(H,23,27). The van der Waals surface area contributed by atoms with Crippen molar-refractivity contribution in [3.63, 3.8) is 0 Å². The number of aliphatic hydroxyl groups excluding tert-OH is 1. The number of rotatable bonds is 8. The van der Waals surface area contributed by atoms with E-state index in [1.54, 1.807) is 47.4 Å². The second-order valence-corrected chi connectivity index (χ2v) is 9.27. The fourth-order valence-corrected chi connectivity index (χ4v) is 4.83. The molecule has 1 heterocycles. The van der Waals surface area contributed by atoms with Crippen LogP contribution in [0.1, 0.15) is 24.5 Å². The summed E-state index contributed by atoms with van der Waals surface area (Å²) in [5.74, 6) is -0.496. The molecule has 3 rings (SSSR count). The van der Waals surface area contributed by atoms with Crippen LogP contribution in [-0.2, 0) is 19.6 Å². The summed E-state index contributed by atoms with van der Waals surface area (Å²) in [6, 6.07) is 17.2. The molecule has 1 aliphatic heterocycles. The minimum Gasteiger partial charge on any atom is -0.387 e. The van der Waals surface area contributed by atoms with Gasteiger partial charge in [-0.3, -0.25) is 9.59 Å². The Hall–Kier alpha value is -2.75. The molecule has 9 heteroatoms. The van der Waals surface area contributed by atoms with E-state index in [0.29, 0.717) is 18.7 Å². The molecule has 0 aromatic heterocycles. The van der Waals surface area contributed by atoms with Crippen molar-refractivity contribution in [3.8, 4) is 0 Å². The molecular formula is C22H27N3O5S. The first kappa shape index (κ1) is 22.9.